The predicted molar refractivity (Wildman–Crippen MR) is 109 cm³/mol. The minimum atomic E-state index is -3.55. The molecule has 0 spiro atoms. The highest BCUT2D eigenvalue weighted by Gasteiger charge is 2.31. The number of rotatable bonds is 8. The molecular formula is C19H29N3O7S. The predicted octanol–water partition coefficient (Wildman–Crippen LogP) is 0.410. The number of hydrogen-bond donors (Lipinski definition) is 2. The monoisotopic (exact) mass is 443 g/mol. The minimum absolute atomic E-state index is 0.0753. The van der Waals surface area contributed by atoms with Crippen molar-refractivity contribution in [1.29, 1.82) is 0 Å². The van der Waals surface area contributed by atoms with E-state index in [0.29, 0.717) is 5.56 Å². The van der Waals surface area contributed by atoms with Crippen LogP contribution in [0.5, 0.6) is 0 Å². The molecule has 1 aromatic heterocycles. The molecule has 30 heavy (non-hydrogen) atoms. The van der Waals surface area contributed by atoms with Gasteiger partial charge >= 0.3 is 5.97 Å². The second kappa shape index (κ2) is 9.71. The first-order chi connectivity index (χ1) is 14.0. The van der Waals surface area contributed by atoms with Crippen molar-refractivity contribution in [3.63, 3.8) is 0 Å². The van der Waals surface area contributed by atoms with Crippen LogP contribution in [0.3, 0.4) is 0 Å². The number of nitrogens with zero attached hydrogens (tertiary/aromatic N) is 1. The SMILES string of the molecule is COC(=O)c1c(CC(=O)NCCS(=O)(=O)N2CC(C)OC(C)C2)[nH]c(C(C)=O)c1C. The Morgan fingerprint density at radius 1 is 1.23 bits per heavy atom. The van der Waals surface area contributed by atoms with Gasteiger partial charge in [0.1, 0.15) is 0 Å². The fourth-order valence-electron chi connectivity index (χ4n) is 3.55. The number of aromatic amines is 1. The smallest absolute Gasteiger partial charge is 0.339 e. The third kappa shape index (κ3) is 5.67. The Balaban J connectivity index is 2.00. The van der Waals surface area contributed by atoms with E-state index < -0.39 is 21.9 Å². The lowest BCUT2D eigenvalue weighted by Crippen LogP contribution is -2.49. The maximum atomic E-state index is 12.5. The van der Waals surface area contributed by atoms with E-state index in [1.54, 1.807) is 6.92 Å². The van der Waals surface area contributed by atoms with Crippen molar-refractivity contribution in [3.05, 3.63) is 22.5 Å². The highest BCUT2D eigenvalue weighted by atomic mass is 32.2. The van der Waals surface area contributed by atoms with Crippen LogP contribution in [0, 0.1) is 6.92 Å². The van der Waals surface area contributed by atoms with Crippen molar-refractivity contribution in [2.45, 2.75) is 46.3 Å². The third-order valence-electron chi connectivity index (χ3n) is 4.87. The number of carbonyl (C=O) groups excluding carboxylic acids is 3. The summed E-state index contributed by atoms with van der Waals surface area (Å²) in [6.07, 6.45) is -0.604. The molecule has 0 aromatic carbocycles. The van der Waals surface area contributed by atoms with Crippen LogP contribution in [0.25, 0.3) is 0 Å². The maximum absolute atomic E-state index is 12.5. The number of carbonyl (C=O) groups is 3. The van der Waals surface area contributed by atoms with Crippen LogP contribution >= 0.6 is 0 Å². The van der Waals surface area contributed by atoms with E-state index in [1.807, 2.05) is 13.8 Å². The van der Waals surface area contributed by atoms with Gasteiger partial charge in [-0.25, -0.2) is 13.2 Å². The molecule has 1 amide bonds. The number of H-pyrrole nitrogens is 1. The molecule has 0 aliphatic carbocycles. The van der Waals surface area contributed by atoms with Gasteiger partial charge in [-0.15, -0.1) is 0 Å². The Labute approximate surface area is 176 Å². The van der Waals surface area contributed by atoms with Gasteiger partial charge in [-0.1, -0.05) is 0 Å². The van der Waals surface area contributed by atoms with E-state index in [-0.39, 0.29) is 66.8 Å². The van der Waals surface area contributed by atoms with Gasteiger partial charge in [0.2, 0.25) is 15.9 Å². The Morgan fingerprint density at radius 2 is 1.83 bits per heavy atom. The first kappa shape index (κ1) is 24.0. The lowest BCUT2D eigenvalue weighted by Gasteiger charge is -2.34. The number of ether oxygens (including phenoxy) is 2. The van der Waals surface area contributed by atoms with Crippen molar-refractivity contribution in [1.82, 2.24) is 14.6 Å². The molecule has 11 heteroatoms. The van der Waals surface area contributed by atoms with Crippen molar-refractivity contribution in [2.75, 3.05) is 32.5 Å². The molecule has 0 bridgehead atoms. The summed E-state index contributed by atoms with van der Waals surface area (Å²) < 4.78 is 36.7. The summed E-state index contributed by atoms with van der Waals surface area (Å²) in [7, 11) is -2.33. The lowest BCUT2D eigenvalue weighted by atomic mass is 10.1. The Bertz CT molecular complexity index is 913. The van der Waals surface area contributed by atoms with E-state index in [2.05, 4.69) is 10.3 Å². The molecular weight excluding hydrogens is 414 g/mol. The number of hydrogen-bond acceptors (Lipinski definition) is 7. The van der Waals surface area contributed by atoms with Crippen LogP contribution in [-0.2, 0) is 30.7 Å². The molecule has 1 aromatic rings. The topological polar surface area (TPSA) is 135 Å². The fraction of sp³-hybridized carbons (Fsp3) is 0.632. The molecule has 1 saturated heterocycles. The number of sulfonamides is 1. The van der Waals surface area contributed by atoms with Gasteiger partial charge in [-0.05, 0) is 26.3 Å². The summed E-state index contributed by atoms with van der Waals surface area (Å²) in [6.45, 7) is 7.05. The number of esters is 1. The quantitative estimate of drug-likeness (QED) is 0.439. The molecule has 2 atom stereocenters. The highest BCUT2D eigenvalue weighted by Crippen LogP contribution is 2.21. The zero-order chi connectivity index (χ0) is 22.6. The number of amides is 1. The van der Waals surface area contributed by atoms with Gasteiger partial charge in [-0.3, -0.25) is 9.59 Å². The summed E-state index contributed by atoms with van der Waals surface area (Å²) in [6, 6.07) is 0. The normalized spacial score (nSPS) is 20.0. The van der Waals surface area contributed by atoms with Gasteiger partial charge in [0, 0.05) is 32.3 Å². The number of aromatic nitrogens is 1. The molecule has 0 radical (unpaired) electrons. The summed E-state index contributed by atoms with van der Waals surface area (Å²) >= 11 is 0. The maximum Gasteiger partial charge on any atom is 0.339 e. The average molecular weight is 444 g/mol. The fourth-order valence-corrected chi connectivity index (χ4v) is 5.04. The molecule has 1 aliphatic heterocycles. The summed E-state index contributed by atoms with van der Waals surface area (Å²) in [5.74, 6) is -1.65. The average Bonchev–Trinajstić information content (AvgIpc) is 2.96. The van der Waals surface area contributed by atoms with Gasteiger partial charge in [-0.2, -0.15) is 4.31 Å². The van der Waals surface area contributed by atoms with Crippen molar-refractivity contribution in [2.24, 2.45) is 0 Å². The van der Waals surface area contributed by atoms with Gasteiger partial charge in [0.25, 0.3) is 0 Å². The largest absolute Gasteiger partial charge is 0.465 e. The van der Waals surface area contributed by atoms with E-state index >= 15 is 0 Å². The second-order valence-electron chi connectivity index (χ2n) is 7.44. The first-order valence-electron chi connectivity index (χ1n) is 9.67. The van der Waals surface area contributed by atoms with Crippen LogP contribution in [0.2, 0.25) is 0 Å². The van der Waals surface area contributed by atoms with Crippen LogP contribution in [-0.4, -0.2) is 80.1 Å². The molecule has 1 aliphatic rings. The van der Waals surface area contributed by atoms with E-state index in [9.17, 15) is 22.8 Å². The molecule has 10 nitrogen and oxygen atoms in total. The standard InChI is InChI=1S/C19H29N3O7S/c1-11-9-22(10-12(2)29-11)30(26,27)7-6-20-16(24)8-15-17(19(25)28-5)13(3)18(21-15)14(4)23/h11-12,21H,6-10H2,1-5H3,(H,20,24). The first-order valence-corrected chi connectivity index (χ1v) is 11.3. The van der Waals surface area contributed by atoms with Crippen LogP contribution in [0.4, 0.5) is 0 Å². The van der Waals surface area contributed by atoms with Gasteiger partial charge < -0.3 is 19.8 Å². The van der Waals surface area contributed by atoms with Crippen LogP contribution < -0.4 is 5.32 Å². The van der Waals surface area contributed by atoms with E-state index in [1.165, 1.54) is 18.3 Å². The van der Waals surface area contributed by atoms with Gasteiger partial charge in [0.05, 0.1) is 42.7 Å². The molecule has 2 unspecified atom stereocenters. The third-order valence-corrected chi connectivity index (χ3v) is 6.67. The van der Waals surface area contributed by atoms with Gasteiger partial charge in [0.15, 0.2) is 5.78 Å². The highest BCUT2D eigenvalue weighted by molar-refractivity contribution is 7.89. The molecule has 0 saturated carbocycles. The second-order valence-corrected chi connectivity index (χ2v) is 9.53. The van der Waals surface area contributed by atoms with Crippen molar-refractivity contribution < 1.29 is 32.3 Å². The van der Waals surface area contributed by atoms with Crippen LogP contribution in [0.15, 0.2) is 0 Å². The number of methoxy groups -OCH3 is 1. The summed E-state index contributed by atoms with van der Waals surface area (Å²) in [5.41, 5.74) is 1.04. The van der Waals surface area contributed by atoms with Crippen molar-refractivity contribution >= 4 is 27.7 Å². The Hall–Kier alpha value is -2.24. The molecule has 2 rings (SSSR count). The van der Waals surface area contributed by atoms with E-state index in [4.69, 9.17) is 9.47 Å². The molecule has 168 valence electrons. The number of nitrogens with one attached hydrogen (secondary N) is 2. The number of morpholine rings is 1. The zero-order valence-corrected chi connectivity index (χ0v) is 18.7. The summed E-state index contributed by atoms with van der Waals surface area (Å²) in [5, 5.41) is 2.56. The lowest BCUT2D eigenvalue weighted by molar-refractivity contribution is -0.120. The number of Topliss-reactive ketones (excluding diaryl/α,β-unsaturated/α-hetero) is 1. The molecule has 1 fully saturated rings. The van der Waals surface area contributed by atoms with Crippen molar-refractivity contribution in [3.8, 4) is 0 Å². The Morgan fingerprint density at radius 3 is 2.37 bits per heavy atom. The molecule has 2 heterocycles. The summed E-state index contributed by atoms with van der Waals surface area (Å²) in [4.78, 5) is 39.0. The molecule has 2 N–H and O–H groups in total. The van der Waals surface area contributed by atoms with E-state index in [0.717, 1.165) is 0 Å². The minimum Gasteiger partial charge on any atom is -0.465 e. The zero-order valence-electron chi connectivity index (χ0n) is 17.9. The Kier molecular flexibility index (Phi) is 7.78. The number of ketones is 1. The van der Waals surface area contributed by atoms with Crippen LogP contribution in [0.1, 0.15) is 52.9 Å².